The Balaban J connectivity index is 1.47. The van der Waals surface area contributed by atoms with Crippen LogP contribution in [0.5, 0.6) is 5.75 Å². The Morgan fingerprint density at radius 3 is 2.16 bits per heavy atom. The highest BCUT2D eigenvalue weighted by Gasteiger charge is 2.51. The minimum absolute atomic E-state index is 0.0393. The van der Waals surface area contributed by atoms with Crippen LogP contribution in [0.25, 0.3) is 21.9 Å². The topological polar surface area (TPSA) is 60.9 Å². The molecule has 6 nitrogen and oxygen atoms in total. The Hall–Kier alpha value is -3.68. The maximum atomic E-state index is 13.8. The third-order valence-corrected chi connectivity index (χ3v) is 8.55. The molecule has 7 heteroatoms. The number of carbonyl (C=O) groups excluding carboxylic acids is 1. The molecule has 0 bridgehead atoms. The van der Waals surface area contributed by atoms with E-state index in [2.05, 4.69) is 90.9 Å². The number of aromatic nitrogens is 1. The number of fused-ring (bicyclic) bond motifs is 1. The molecule has 0 radical (unpaired) electrons. The number of methoxy groups -OCH3 is 1. The van der Waals surface area contributed by atoms with E-state index in [4.69, 9.17) is 19.0 Å². The summed E-state index contributed by atoms with van der Waals surface area (Å²) in [4.78, 5) is 20.4. The molecule has 1 fully saturated rings. The van der Waals surface area contributed by atoms with E-state index in [0.29, 0.717) is 18.8 Å². The van der Waals surface area contributed by atoms with E-state index in [9.17, 15) is 4.79 Å². The van der Waals surface area contributed by atoms with Crippen molar-refractivity contribution < 1.29 is 18.8 Å². The Kier molecular flexibility index (Phi) is 8.18. The molecular formula is C36H43BN2O4. The third kappa shape index (κ3) is 6.48. The zero-order valence-corrected chi connectivity index (χ0v) is 26.9. The van der Waals surface area contributed by atoms with E-state index in [1.54, 1.807) is 13.3 Å². The number of carbonyl (C=O) groups is 1. The quantitative estimate of drug-likeness (QED) is 0.213. The lowest BCUT2D eigenvalue weighted by molar-refractivity contribution is -0.120. The molecule has 0 aliphatic carbocycles. The number of nitrogens with zero attached hydrogens (tertiary/aromatic N) is 2. The normalized spacial score (nSPS) is 16.0. The zero-order chi connectivity index (χ0) is 31.2. The molecule has 1 saturated heterocycles. The van der Waals surface area contributed by atoms with Crippen molar-refractivity contribution in [2.24, 2.45) is 5.41 Å². The number of benzene rings is 3. The number of hydrogen-bond donors (Lipinski definition) is 0. The van der Waals surface area contributed by atoms with Crippen LogP contribution in [0, 0.1) is 12.3 Å². The van der Waals surface area contributed by atoms with Crippen molar-refractivity contribution in [2.75, 3.05) is 12.0 Å². The standard InChI is InChI=1S/C36H43BN2O4/c1-24-20-27(14-17-31(24)41-9)26-12-10-25(11-13-26)23-39(32(40)22-34(2,3)4)33-30-16-15-29(21-28(30)18-19-38-33)37-42-35(5,6)36(7,8)43-37/h10-21H,22-23H2,1-9H3. The van der Waals surface area contributed by atoms with Gasteiger partial charge in [-0.3, -0.25) is 9.69 Å². The van der Waals surface area contributed by atoms with Gasteiger partial charge in [0.15, 0.2) is 0 Å². The molecule has 3 aromatic carbocycles. The predicted molar refractivity (Wildman–Crippen MR) is 176 cm³/mol. The Morgan fingerprint density at radius 1 is 0.907 bits per heavy atom. The lowest BCUT2D eigenvalue weighted by atomic mass is 9.78. The van der Waals surface area contributed by atoms with Crippen molar-refractivity contribution in [2.45, 2.75) is 79.6 Å². The smallest absolute Gasteiger partial charge is 0.494 e. The van der Waals surface area contributed by atoms with E-state index in [-0.39, 0.29) is 11.3 Å². The molecule has 0 atom stereocenters. The molecule has 1 aliphatic rings. The van der Waals surface area contributed by atoms with Crippen LogP contribution in [0.2, 0.25) is 0 Å². The van der Waals surface area contributed by atoms with Gasteiger partial charge in [-0.15, -0.1) is 0 Å². The highest BCUT2D eigenvalue weighted by atomic mass is 16.7. The first-order valence-electron chi connectivity index (χ1n) is 15.0. The summed E-state index contributed by atoms with van der Waals surface area (Å²) in [7, 11) is 1.23. The zero-order valence-electron chi connectivity index (χ0n) is 26.9. The molecule has 0 unspecified atom stereocenters. The molecule has 0 spiro atoms. The molecular weight excluding hydrogens is 535 g/mol. The molecule has 4 aromatic rings. The third-order valence-electron chi connectivity index (χ3n) is 8.55. The van der Waals surface area contributed by atoms with E-state index in [1.165, 1.54) is 0 Å². The fourth-order valence-corrected chi connectivity index (χ4v) is 5.39. The first-order valence-corrected chi connectivity index (χ1v) is 15.0. The molecule has 5 rings (SSSR count). The van der Waals surface area contributed by atoms with Crippen molar-refractivity contribution in [1.29, 1.82) is 0 Å². The molecule has 1 aliphatic heterocycles. The summed E-state index contributed by atoms with van der Waals surface area (Å²) in [6, 6.07) is 22.7. The minimum atomic E-state index is -0.461. The van der Waals surface area contributed by atoms with Crippen molar-refractivity contribution in [3.8, 4) is 16.9 Å². The van der Waals surface area contributed by atoms with Crippen LogP contribution >= 0.6 is 0 Å². The van der Waals surface area contributed by atoms with Gasteiger partial charge in [-0.2, -0.15) is 0 Å². The van der Waals surface area contributed by atoms with Crippen LogP contribution < -0.4 is 15.1 Å². The number of hydrogen-bond acceptors (Lipinski definition) is 5. The molecule has 0 saturated carbocycles. The van der Waals surface area contributed by atoms with Crippen molar-refractivity contribution in [1.82, 2.24) is 4.98 Å². The van der Waals surface area contributed by atoms with Gasteiger partial charge >= 0.3 is 7.12 Å². The Labute approximate surface area is 256 Å². The van der Waals surface area contributed by atoms with Gasteiger partial charge in [-0.1, -0.05) is 69.3 Å². The fraction of sp³-hybridized carbons (Fsp3) is 0.389. The van der Waals surface area contributed by atoms with Crippen LogP contribution in [0.15, 0.2) is 72.9 Å². The van der Waals surface area contributed by atoms with E-state index in [1.807, 2.05) is 36.1 Å². The Morgan fingerprint density at radius 2 is 1.56 bits per heavy atom. The second kappa shape index (κ2) is 11.4. The average molecular weight is 579 g/mol. The summed E-state index contributed by atoms with van der Waals surface area (Å²) >= 11 is 0. The highest BCUT2D eigenvalue weighted by Crippen LogP contribution is 2.37. The second-order valence-corrected chi connectivity index (χ2v) is 13.8. The van der Waals surface area contributed by atoms with Crippen molar-refractivity contribution in [3.05, 3.63) is 84.1 Å². The van der Waals surface area contributed by atoms with Gasteiger partial charge in [0.2, 0.25) is 5.91 Å². The maximum Gasteiger partial charge on any atom is 0.494 e. The van der Waals surface area contributed by atoms with Gasteiger partial charge < -0.3 is 14.0 Å². The lowest BCUT2D eigenvalue weighted by Gasteiger charge is -2.32. The van der Waals surface area contributed by atoms with Crippen LogP contribution in [0.1, 0.15) is 66.0 Å². The van der Waals surface area contributed by atoms with Crippen molar-refractivity contribution in [3.63, 3.8) is 0 Å². The number of amides is 1. The Bertz CT molecular complexity index is 1620. The van der Waals surface area contributed by atoms with Gasteiger partial charge in [0.1, 0.15) is 11.6 Å². The van der Waals surface area contributed by atoms with Gasteiger partial charge in [0, 0.05) is 18.0 Å². The highest BCUT2D eigenvalue weighted by molar-refractivity contribution is 6.62. The number of anilines is 1. The summed E-state index contributed by atoms with van der Waals surface area (Å²) in [6.07, 6.45) is 2.18. The lowest BCUT2D eigenvalue weighted by Crippen LogP contribution is -2.41. The van der Waals surface area contributed by atoms with E-state index < -0.39 is 18.3 Å². The summed E-state index contributed by atoms with van der Waals surface area (Å²) in [5, 5.41) is 1.89. The number of aryl methyl sites for hydroxylation is 1. The van der Waals surface area contributed by atoms with Crippen molar-refractivity contribution >= 4 is 35.1 Å². The first kappa shape index (κ1) is 30.8. The summed E-state index contributed by atoms with van der Waals surface area (Å²) < 4.78 is 18.0. The molecule has 43 heavy (non-hydrogen) atoms. The monoisotopic (exact) mass is 578 g/mol. The summed E-state index contributed by atoms with van der Waals surface area (Å²) in [6.45, 7) is 16.9. The van der Waals surface area contributed by atoms with E-state index >= 15 is 0 Å². The number of rotatable bonds is 7. The van der Waals surface area contributed by atoms with Crippen LogP contribution in [0.4, 0.5) is 5.82 Å². The van der Waals surface area contributed by atoms with Gasteiger partial charge in [0.05, 0.1) is 24.9 Å². The van der Waals surface area contributed by atoms with Gasteiger partial charge in [-0.05, 0) is 91.3 Å². The average Bonchev–Trinajstić information content (AvgIpc) is 3.16. The van der Waals surface area contributed by atoms with Gasteiger partial charge in [-0.25, -0.2) is 4.98 Å². The molecule has 224 valence electrons. The fourth-order valence-electron chi connectivity index (χ4n) is 5.39. The summed E-state index contributed by atoms with van der Waals surface area (Å²) in [5.41, 5.74) is 4.29. The summed E-state index contributed by atoms with van der Waals surface area (Å²) in [5.74, 6) is 1.57. The van der Waals surface area contributed by atoms with E-state index in [0.717, 1.165) is 44.2 Å². The van der Waals surface area contributed by atoms with Crippen LogP contribution in [0.3, 0.4) is 0 Å². The van der Waals surface area contributed by atoms with Crippen LogP contribution in [-0.2, 0) is 20.6 Å². The second-order valence-electron chi connectivity index (χ2n) is 13.8. The number of pyridine rings is 1. The molecule has 1 amide bonds. The predicted octanol–water partition coefficient (Wildman–Crippen LogP) is 7.49. The van der Waals surface area contributed by atoms with Gasteiger partial charge in [0.25, 0.3) is 0 Å². The number of ether oxygens (including phenoxy) is 1. The molecule has 2 heterocycles. The van der Waals surface area contributed by atoms with Crippen LogP contribution in [-0.4, -0.2) is 36.3 Å². The molecule has 1 aromatic heterocycles. The largest absolute Gasteiger partial charge is 0.496 e. The molecule has 0 N–H and O–H groups in total. The SMILES string of the molecule is COc1ccc(-c2ccc(CN(C(=O)CC(C)(C)C)c3nccc4cc(B5OC(C)(C)C(C)(C)O5)ccc34)cc2)cc1C. The minimum Gasteiger partial charge on any atom is -0.496 e. The maximum absolute atomic E-state index is 13.8. The first-order chi connectivity index (χ1) is 20.2.